The number of hydrogen-bond donors (Lipinski definition) is 3. The van der Waals surface area contributed by atoms with E-state index in [2.05, 4.69) is 16.0 Å². The number of allylic oxidation sites excluding steroid dienone is 1. The summed E-state index contributed by atoms with van der Waals surface area (Å²) in [5.41, 5.74) is 2.48. The molecule has 3 N–H and O–H groups in total. The van der Waals surface area contributed by atoms with Gasteiger partial charge in [0.05, 0.1) is 11.6 Å². The monoisotopic (exact) mass is 425 g/mol. The maximum absolute atomic E-state index is 12.9. The molecule has 1 aliphatic heterocycles. The Hall–Kier alpha value is -1.79. The van der Waals surface area contributed by atoms with Crippen LogP contribution in [0.2, 0.25) is 15.1 Å². The van der Waals surface area contributed by atoms with Crippen molar-refractivity contribution < 1.29 is 4.79 Å². The van der Waals surface area contributed by atoms with Crippen LogP contribution in [0.4, 0.5) is 5.69 Å². The van der Waals surface area contributed by atoms with Crippen LogP contribution >= 0.6 is 47.0 Å². The van der Waals surface area contributed by atoms with E-state index in [1.165, 1.54) is 0 Å². The molecule has 4 nitrogen and oxygen atoms in total. The van der Waals surface area contributed by atoms with E-state index in [0.29, 0.717) is 42.7 Å². The Bertz CT molecular complexity index is 912. The van der Waals surface area contributed by atoms with Crippen molar-refractivity contribution in [2.45, 2.75) is 13.0 Å². The summed E-state index contributed by atoms with van der Waals surface area (Å²) < 4.78 is 0. The molecule has 26 heavy (non-hydrogen) atoms. The number of rotatable bonds is 3. The summed E-state index contributed by atoms with van der Waals surface area (Å²) in [5.74, 6) is -0.275. The Labute approximate surface area is 171 Å². The highest BCUT2D eigenvalue weighted by Gasteiger charge is 2.31. The summed E-state index contributed by atoms with van der Waals surface area (Å²) in [4.78, 5) is 12.9. The molecule has 0 fully saturated rings. The maximum Gasteiger partial charge on any atom is 0.255 e. The fraction of sp³-hybridized carbons (Fsp3) is 0.111. The summed E-state index contributed by atoms with van der Waals surface area (Å²) in [5, 5.41) is 10.9. The minimum absolute atomic E-state index is 0.275. The fourth-order valence-electron chi connectivity index (χ4n) is 2.70. The lowest BCUT2D eigenvalue weighted by Crippen LogP contribution is -2.45. The molecule has 2 aromatic carbocycles. The van der Waals surface area contributed by atoms with Crippen LogP contribution < -0.4 is 16.0 Å². The molecule has 0 aromatic heterocycles. The van der Waals surface area contributed by atoms with E-state index in [1.54, 1.807) is 49.4 Å². The van der Waals surface area contributed by atoms with E-state index in [4.69, 9.17) is 47.0 Å². The fourth-order valence-corrected chi connectivity index (χ4v) is 3.61. The molecule has 0 aliphatic carbocycles. The van der Waals surface area contributed by atoms with Crippen LogP contribution in [0.15, 0.2) is 53.7 Å². The van der Waals surface area contributed by atoms with Crippen molar-refractivity contribution in [3.05, 3.63) is 74.4 Å². The Morgan fingerprint density at radius 1 is 1.08 bits per heavy atom. The highest BCUT2D eigenvalue weighted by molar-refractivity contribution is 7.80. The standard InChI is InChI=1S/C18H14Cl3N3OS/c1-9-15(17(25)23-12-5-2-10(19)3-6-12)16(24-18(26)22-9)13-7-4-11(20)8-14(13)21/h2-8,16H,1H3,(H,23,25)(H2,22,24,26). The van der Waals surface area contributed by atoms with Crippen LogP contribution in [-0.4, -0.2) is 11.0 Å². The molecular weight excluding hydrogens is 413 g/mol. The van der Waals surface area contributed by atoms with Gasteiger partial charge in [-0.15, -0.1) is 0 Å². The third kappa shape index (κ3) is 4.13. The number of carbonyl (C=O) groups excluding carboxylic acids is 1. The summed E-state index contributed by atoms with van der Waals surface area (Å²) in [6, 6.07) is 11.5. The number of halogens is 3. The van der Waals surface area contributed by atoms with Gasteiger partial charge in [-0.05, 0) is 61.1 Å². The second-order valence-corrected chi connectivity index (χ2v) is 7.39. The van der Waals surface area contributed by atoms with Crippen molar-refractivity contribution in [1.29, 1.82) is 0 Å². The molecule has 2 aromatic rings. The van der Waals surface area contributed by atoms with E-state index in [0.717, 1.165) is 0 Å². The highest BCUT2D eigenvalue weighted by atomic mass is 35.5. The van der Waals surface area contributed by atoms with Crippen LogP contribution in [0.1, 0.15) is 18.5 Å². The first-order chi connectivity index (χ1) is 12.3. The van der Waals surface area contributed by atoms with Crippen LogP contribution in [0, 0.1) is 0 Å². The van der Waals surface area contributed by atoms with Crippen molar-refractivity contribution in [1.82, 2.24) is 10.6 Å². The number of carbonyl (C=O) groups is 1. The van der Waals surface area contributed by atoms with Crippen molar-refractivity contribution in [2.75, 3.05) is 5.32 Å². The van der Waals surface area contributed by atoms with Crippen LogP contribution in [0.5, 0.6) is 0 Å². The molecule has 0 bridgehead atoms. The summed E-state index contributed by atoms with van der Waals surface area (Å²) >= 11 is 23.5. The van der Waals surface area contributed by atoms with E-state index < -0.39 is 6.04 Å². The molecule has 1 heterocycles. The predicted molar refractivity (Wildman–Crippen MR) is 111 cm³/mol. The number of nitrogens with one attached hydrogen (secondary N) is 3. The van der Waals surface area contributed by atoms with Gasteiger partial charge in [0, 0.05) is 26.5 Å². The van der Waals surface area contributed by atoms with Crippen LogP contribution in [0.25, 0.3) is 0 Å². The number of anilines is 1. The third-order valence-corrected chi connectivity index (χ3v) is 4.92. The molecular formula is C18H14Cl3N3OS. The first-order valence-electron chi connectivity index (χ1n) is 7.65. The van der Waals surface area contributed by atoms with Gasteiger partial charge in [0.2, 0.25) is 0 Å². The topological polar surface area (TPSA) is 53.2 Å². The van der Waals surface area contributed by atoms with Gasteiger partial charge in [-0.3, -0.25) is 4.79 Å². The van der Waals surface area contributed by atoms with Gasteiger partial charge in [-0.1, -0.05) is 40.9 Å². The Morgan fingerprint density at radius 3 is 2.38 bits per heavy atom. The summed E-state index contributed by atoms with van der Waals surface area (Å²) in [6.07, 6.45) is 0. The smallest absolute Gasteiger partial charge is 0.255 e. The minimum atomic E-state index is -0.499. The van der Waals surface area contributed by atoms with Gasteiger partial charge in [0.1, 0.15) is 0 Å². The average molecular weight is 427 g/mol. The van der Waals surface area contributed by atoms with E-state index >= 15 is 0 Å². The Morgan fingerprint density at radius 2 is 1.73 bits per heavy atom. The van der Waals surface area contributed by atoms with Gasteiger partial charge in [-0.2, -0.15) is 0 Å². The van der Waals surface area contributed by atoms with Gasteiger partial charge < -0.3 is 16.0 Å². The molecule has 1 atom stereocenters. The molecule has 0 saturated carbocycles. The second kappa shape index (κ2) is 7.84. The molecule has 1 unspecified atom stereocenters. The zero-order valence-corrected chi connectivity index (χ0v) is 16.7. The normalized spacial score (nSPS) is 16.8. The van der Waals surface area contributed by atoms with E-state index in [-0.39, 0.29) is 5.91 Å². The number of thiocarbonyl (C=S) groups is 1. The lowest BCUT2D eigenvalue weighted by atomic mass is 9.95. The van der Waals surface area contributed by atoms with Gasteiger partial charge in [0.15, 0.2) is 5.11 Å². The van der Waals surface area contributed by atoms with Gasteiger partial charge in [0.25, 0.3) is 5.91 Å². The van der Waals surface area contributed by atoms with E-state index in [9.17, 15) is 4.79 Å². The Balaban J connectivity index is 1.97. The second-order valence-electron chi connectivity index (χ2n) is 5.70. The average Bonchev–Trinajstić information content (AvgIpc) is 2.56. The number of amides is 1. The minimum Gasteiger partial charge on any atom is -0.351 e. The Kier molecular flexibility index (Phi) is 5.73. The summed E-state index contributed by atoms with van der Waals surface area (Å²) in [6.45, 7) is 1.79. The van der Waals surface area contributed by atoms with Crippen molar-refractivity contribution in [3.8, 4) is 0 Å². The quantitative estimate of drug-likeness (QED) is 0.599. The van der Waals surface area contributed by atoms with Crippen molar-refractivity contribution in [2.24, 2.45) is 0 Å². The van der Waals surface area contributed by atoms with Crippen molar-refractivity contribution in [3.63, 3.8) is 0 Å². The lowest BCUT2D eigenvalue weighted by molar-refractivity contribution is -0.113. The summed E-state index contributed by atoms with van der Waals surface area (Å²) in [7, 11) is 0. The zero-order valence-electron chi connectivity index (χ0n) is 13.6. The predicted octanol–water partition coefficient (Wildman–Crippen LogP) is 5.08. The molecule has 0 saturated heterocycles. The first kappa shape index (κ1) is 19.0. The zero-order chi connectivity index (χ0) is 18.8. The number of hydrogen-bond acceptors (Lipinski definition) is 2. The molecule has 8 heteroatoms. The van der Waals surface area contributed by atoms with Gasteiger partial charge in [-0.25, -0.2) is 0 Å². The van der Waals surface area contributed by atoms with Crippen molar-refractivity contribution >= 4 is 63.7 Å². The molecule has 0 spiro atoms. The molecule has 3 rings (SSSR count). The molecule has 1 amide bonds. The molecule has 1 aliphatic rings. The lowest BCUT2D eigenvalue weighted by Gasteiger charge is -2.31. The van der Waals surface area contributed by atoms with E-state index in [1.807, 2.05) is 0 Å². The third-order valence-electron chi connectivity index (χ3n) is 3.89. The highest BCUT2D eigenvalue weighted by Crippen LogP contribution is 2.33. The van der Waals surface area contributed by atoms with Crippen LogP contribution in [0.3, 0.4) is 0 Å². The maximum atomic E-state index is 12.9. The molecule has 0 radical (unpaired) electrons. The SMILES string of the molecule is CC1=C(C(=O)Nc2ccc(Cl)cc2)C(c2ccc(Cl)cc2Cl)NC(=S)N1. The van der Waals surface area contributed by atoms with Gasteiger partial charge >= 0.3 is 0 Å². The number of benzene rings is 2. The first-order valence-corrected chi connectivity index (χ1v) is 9.19. The molecule has 134 valence electrons. The van der Waals surface area contributed by atoms with Crippen LogP contribution in [-0.2, 0) is 4.79 Å². The largest absolute Gasteiger partial charge is 0.351 e.